The SMILES string of the molecule is CN(C)CC(C)(C)CNC1CCCC(S(C)(=O)=O)C1. The van der Waals surface area contributed by atoms with Crippen LogP contribution in [0.15, 0.2) is 0 Å². The van der Waals surface area contributed by atoms with E-state index in [4.69, 9.17) is 0 Å². The standard InChI is InChI=1S/C14H30N2O2S/c1-14(2,11-16(3)4)10-15-12-7-6-8-13(9-12)19(5,17)18/h12-13,15H,6-11H2,1-5H3. The second-order valence-corrected chi connectivity index (χ2v) is 9.42. The van der Waals surface area contributed by atoms with Gasteiger partial charge in [-0.05, 0) is 38.8 Å². The molecule has 2 unspecified atom stereocenters. The van der Waals surface area contributed by atoms with Crippen LogP contribution in [0, 0.1) is 5.41 Å². The van der Waals surface area contributed by atoms with Crippen molar-refractivity contribution < 1.29 is 8.42 Å². The first kappa shape index (κ1) is 16.9. The van der Waals surface area contributed by atoms with Gasteiger partial charge in [-0.25, -0.2) is 8.42 Å². The Morgan fingerprint density at radius 1 is 1.26 bits per heavy atom. The molecule has 2 atom stereocenters. The molecular formula is C14H30N2O2S. The maximum atomic E-state index is 11.6. The molecule has 4 nitrogen and oxygen atoms in total. The maximum Gasteiger partial charge on any atom is 0.150 e. The van der Waals surface area contributed by atoms with Crippen molar-refractivity contribution in [3.8, 4) is 0 Å². The molecule has 0 spiro atoms. The van der Waals surface area contributed by atoms with Gasteiger partial charge < -0.3 is 10.2 Å². The molecule has 1 saturated carbocycles. The van der Waals surface area contributed by atoms with Crippen LogP contribution in [0.1, 0.15) is 39.5 Å². The summed E-state index contributed by atoms with van der Waals surface area (Å²) in [6, 6.07) is 0.356. The average Bonchev–Trinajstić information content (AvgIpc) is 2.24. The average molecular weight is 290 g/mol. The molecule has 0 bridgehead atoms. The number of sulfone groups is 1. The number of nitrogens with zero attached hydrogens (tertiary/aromatic N) is 1. The summed E-state index contributed by atoms with van der Waals surface area (Å²) in [5.41, 5.74) is 0.210. The highest BCUT2D eigenvalue weighted by Gasteiger charge is 2.29. The van der Waals surface area contributed by atoms with E-state index in [2.05, 4.69) is 38.2 Å². The van der Waals surface area contributed by atoms with Gasteiger partial charge in [0.15, 0.2) is 0 Å². The van der Waals surface area contributed by atoms with Crippen molar-refractivity contribution in [2.75, 3.05) is 33.4 Å². The Bertz CT molecular complexity index is 377. The van der Waals surface area contributed by atoms with Gasteiger partial charge in [-0.3, -0.25) is 0 Å². The normalized spacial score (nSPS) is 25.8. The van der Waals surface area contributed by atoms with Crippen molar-refractivity contribution in [3.05, 3.63) is 0 Å². The van der Waals surface area contributed by atoms with E-state index in [0.29, 0.717) is 6.04 Å². The fraction of sp³-hybridized carbons (Fsp3) is 1.00. The molecule has 0 aromatic carbocycles. The third-order valence-corrected chi connectivity index (χ3v) is 5.48. The van der Waals surface area contributed by atoms with E-state index in [9.17, 15) is 8.42 Å². The lowest BCUT2D eigenvalue weighted by molar-refractivity contribution is 0.217. The Morgan fingerprint density at radius 2 is 1.89 bits per heavy atom. The minimum atomic E-state index is -2.88. The summed E-state index contributed by atoms with van der Waals surface area (Å²) < 4.78 is 23.3. The summed E-state index contributed by atoms with van der Waals surface area (Å²) in [5, 5.41) is 3.44. The number of hydrogen-bond donors (Lipinski definition) is 1. The van der Waals surface area contributed by atoms with E-state index < -0.39 is 9.84 Å². The molecule has 1 N–H and O–H groups in total. The zero-order valence-electron chi connectivity index (χ0n) is 13.1. The molecule has 0 amide bonds. The molecule has 5 heteroatoms. The second-order valence-electron chi connectivity index (χ2n) is 7.10. The fourth-order valence-electron chi connectivity index (χ4n) is 3.05. The second kappa shape index (κ2) is 6.55. The first-order valence-corrected chi connectivity index (χ1v) is 9.12. The third-order valence-electron chi connectivity index (χ3n) is 3.85. The third kappa shape index (κ3) is 6.23. The topological polar surface area (TPSA) is 49.4 Å². The van der Waals surface area contributed by atoms with Crippen LogP contribution in [-0.4, -0.2) is 58.1 Å². The van der Waals surface area contributed by atoms with Crippen LogP contribution in [0.3, 0.4) is 0 Å². The van der Waals surface area contributed by atoms with Crippen molar-refractivity contribution >= 4 is 9.84 Å². The zero-order chi connectivity index (χ0) is 14.7. The molecule has 1 rings (SSSR count). The van der Waals surface area contributed by atoms with E-state index in [-0.39, 0.29) is 10.7 Å². The van der Waals surface area contributed by atoms with Crippen molar-refractivity contribution in [2.24, 2.45) is 5.41 Å². The smallest absolute Gasteiger partial charge is 0.150 e. The summed E-state index contributed by atoms with van der Waals surface area (Å²) in [7, 11) is 1.29. The lowest BCUT2D eigenvalue weighted by atomic mass is 9.90. The van der Waals surface area contributed by atoms with Crippen LogP contribution in [-0.2, 0) is 9.84 Å². The van der Waals surface area contributed by atoms with Gasteiger partial charge in [0.05, 0.1) is 5.25 Å². The minimum Gasteiger partial charge on any atom is -0.313 e. The van der Waals surface area contributed by atoms with Crippen molar-refractivity contribution in [3.63, 3.8) is 0 Å². The van der Waals surface area contributed by atoms with Crippen LogP contribution in [0.25, 0.3) is 0 Å². The van der Waals surface area contributed by atoms with Gasteiger partial charge in [-0.15, -0.1) is 0 Å². The molecule has 1 aliphatic carbocycles. The van der Waals surface area contributed by atoms with E-state index in [0.717, 1.165) is 38.8 Å². The molecule has 0 saturated heterocycles. The maximum absolute atomic E-state index is 11.6. The Hall–Kier alpha value is -0.130. The monoisotopic (exact) mass is 290 g/mol. The van der Waals surface area contributed by atoms with Gasteiger partial charge in [-0.2, -0.15) is 0 Å². The molecule has 1 aliphatic rings. The molecule has 0 radical (unpaired) electrons. The Balaban J connectivity index is 2.45. The van der Waals surface area contributed by atoms with Crippen LogP contribution < -0.4 is 5.32 Å². The lowest BCUT2D eigenvalue weighted by Gasteiger charge is -2.34. The van der Waals surface area contributed by atoms with Crippen LogP contribution in [0.5, 0.6) is 0 Å². The molecule has 19 heavy (non-hydrogen) atoms. The predicted molar refractivity (Wildman–Crippen MR) is 81.2 cm³/mol. The number of rotatable bonds is 6. The van der Waals surface area contributed by atoms with Gasteiger partial charge in [0.25, 0.3) is 0 Å². The lowest BCUT2D eigenvalue weighted by Crippen LogP contribution is -2.45. The molecule has 1 fully saturated rings. The largest absolute Gasteiger partial charge is 0.313 e. The summed E-state index contributed by atoms with van der Waals surface area (Å²) in [5.74, 6) is 0. The van der Waals surface area contributed by atoms with Gasteiger partial charge in [-0.1, -0.05) is 20.3 Å². The van der Waals surface area contributed by atoms with Crippen LogP contribution in [0.2, 0.25) is 0 Å². The van der Waals surface area contributed by atoms with Gasteiger partial charge in [0, 0.05) is 25.4 Å². The first-order chi connectivity index (χ1) is 8.60. The quantitative estimate of drug-likeness (QED) is 0.806. The van der Waals surface area contributed by atoms with Crippen molar-refractivity contribution in [1.29, 1.82) is 0 Å². The van der Waals surface area contributed by atoms with Gasteiger partial charge in [0.1, 0.15) is 9.84 Å². The molecule has 0 heterocycles. The highest BCUT2D eigenvalue weighted by Crippen LogP contribution is 2.25. The minimum absolute atomic E-state index is 0.143. The molecule has 0 aliphatic heterocycles. The van der Waals surface area contributed by atoms with Crippen LogP contribution in [0.4, 0.5) is 0 Å². The first-order valence-electron chi connectivity index (χ1n) is 7.17. The Kier molecular flexibility index (Phi) is 5.83. The van der Waals surface area contributed by atoms with Gasteiger partial charge in [0.2, 0.25) is 0 Å². The van der Waals surface area contributed by atoms with Crippen molar-refractivity contribution in [1.82, 2.24) is 10.2 Å². The molecule has 114 valence electrons. The summed E-state index contributed by atoms with van der Waals surface area (Å²) in [4.78, 5) is 2.20. The Morgan fingerprint density at radius 3 is 2.42 bits per heavy atom. The molecule has 0 aromatic heterocycles. The number of nitrogens with one attached hydrogen (secondary N) is 1. The Labute approximate surface area is 118 Å². The van der Waals surface area contributed by atoms with E-state index >= 15 is 0 Å². The summed E-state index contributed by atoms with van der Waals surface area (Å²) in [6.45, 7) is 6.46. The highest BCUT2D eigenvalue weighted by molar-refractivity contribution is 7.91. The van der Waals surface area contributed by atoms with E-state index in [1.165, 1.54) is 6.26 Å². The summed E-state index contributed by atoms with van der Waals surface area (Å²) >= 11 is 0. The van der Waals surface area contributed by atoms with Gasteiger partial charge >= 0.3 is 0 Å². The van der Waals surface area contributed by atoms with E-state index in [1.54, 1.807) is 0 Å². The summed E-state index contributed by atoms with van der Waals surface area (Å²) in [6.07, 6.45) is 5.10. The van der Waals surface area contributed by atoms with Crippen molar-refractivity contribution in [2.45, 2.75) is 50.8 Å². The molecular weight excluding hydrogens is 260 g/mol. The number of hydrogen-bond acceptors (Lipinski definition) is 4. The fourth-order valence-corrected chi connectivity index (χ4v) is 4.23. The highest BCUT2D eigenvalue weighted by atomic mass is 32.2. The predicted octanol–water partition coefficient (Wildman–Crippen LogP) is 1.52. The zero-order valence-corrected chi connectivity index (χ0v) is 13.9. The van der Waals surface area contributed by atoms with E-state index in [1.807, 2.05) is 0 Å². The van der Waals surface area contributed by atoms with Crippen LogP contribution >= 0.6 is 0 Å². The molecule has 0 aromatic rings.